The van der Waals surface area contributed by atoms with Crippen molar-refractivity contribution in [2.24, 2.45) is 0 Å². The van der Waals surface area contributed by atoms with Crippen LogP contribution in [0.3, 0.4) is 0 Å². The molecule has 5 nitrogen and oxygen atoms in total. The zero-order valence-corrected chi connectivity index (χ0v) is 15.9. The summed E-state index contributed by atoms with van der Waals surface area (Å²) in [5.41, 5.74) is 2.89. The van der Waals surface area contributed by atoms with Crippen LogP contribution >= 0.6 is 0 Å². The Morgan fingerprint density at radius 2 is 2.04 bits per heavy atom. The fraction of sp³-hybridized carbons (Fsp3) is 0.500. The van der Waals surface area contributed by atoms with Crippen LogP contribution in [0, 0.1) is 5.82 Å². The smallest absolute Gasteiger partial charge is 0.287 e. The number of nitrogens with one attached hydrogen (secondary N) is 1. The third-order valence-electron chi connectivity index (χ3n) is 4.87. The maximum absolute atomic E-state index is 13.3. The van der Waals surface area contributed by atoms with E-state index >= 15 is 0 Å². The van der Waals surface area contributed by atoms with E-state index in [-0.39, 0.29) is 24.3 Å². The topological polar surface area (TPSA) is 50.2 Å². The number of carbonyl (C=O) groups is 1. The molecule has 0 bridgehead atoms. The van der Waals surface area contributed by atoms with Crippen molar-refractivity contribution in [3.05, 3.63) is 52.9 Å². The van der Waals surface area contributed by atoms with Crippen LogP contribution in [-0.4, -0.2) is 32.9 Å². The Bertz CT molecular complexity index is 797. The summed E-state index contributed by atoms with van der Waals surface area (Å²) in [5.74, 6) is -0.0647. The minimum absolute atomic E-state index is 0.159. The summed E-state index contributed by atoms with van der Waals surface area (Å²) in [6.45, 7) is 10.5. The summed E-state index contributed by atoms with van der Waals surface area (Å²) < 4.78 is 15.4. The first-order valence-electron chi connectivity index (χ1n) is 9.23. The average molecular weight is 358 g/mol. The number of benzene rings is 1. The molecule has 0 saturated carbocycles. The highest BCUT2D eigenvalue weighted by atomic mass is 19.1. The predicted octanol–water partition coefficient (Wildman–Crippen LogP) is 3.30. The molecule has 0 spiro atoms. The lowest BCUT2D eigenvalue weighted by Gasteiger charge is -2.30. The molecule has 0 fully saturated rings. The largest absolute Gasteiger partial charge is 0.345 e. The third kappa shape index (κ3) is 3.80. The first-order valence-corrected chi connectivity index (χ1v) is 9.23. The number of aromatic nitrogens is 2. The van der Waals surface area contributed by atoms with Gasteiger partial charge < -0.3 is 9.88 Å². The summed E-state index contributed by atoms with van der Waals surface area (Å²) in [6.07, 6.45) is 0.899. The van der Waals surface area contributed by atoms with E-state index in [0.717, 1.165) is 36.5 Å². The minimum Gasteiger partial charge on any atom is -0.345 e. The fourth-order valence-corrected chi connectivity index (χ4v) is 3.49. The van der Waals surface area contributed by atoms with Gasteiger partial charge in [0.1, 0.15) is 5.82 Å². The summed E-state index contributed by atoms with van der Waals surface area (Å²) in [7, 11) is 0. The SMILES string of the molecule is CC(C)N1CCc2c(nc(C(=O)NCc3cccc(F)c3)n2C(C)C)C1. The van der Waals surface area contributed by atoms with Gasteiger partial charge in [-0.1, -0.05) is 12.1 Å². The molecule has 0 atom stereocenters. The highest BCUT2D eigenvalue weighted by Gasteiger charge is 2.28. The maximum atomic E-state index is 13.3. The second-order valence-electron chi connectivity index (χ2n) is 7.42. The van der Waals surface area contributed by atoms with Gasteiger partial charge >= 0.3 is 0 Å². The molecule has 26 heavy (non-hydrogen) atoms. The molecule has 140 valence electrons. The van der Waals surface area contributed by atoms with Crippen molar-refractivity contribution < 1.29 is 9.18 Å². The molecule has 2 aromatic rings. The summed E-state index contributed by atoms with van der Waals surface area (Å²) in [6, 6.07) is 6.88. The van der Waals surface area contributed by atoms with Crippen molar-refractivity contribution in [2.45, 2.75) is 59.3 Å². The van der Waals surface area contributed by atoms with Crippen molar-refractivity contribution in [3.8, 4) is 0 Å². The van der Waals surface area contributed by atoms with Gasteiger partial charge in [-0.25, -0.2) is 9.37 Å². The van der Waals surface area contributed by atoms with Crippen LogP contribution < -0.4 is 5.32 Å². The van der Waals surface area contributed by atoms with Gasteiger partial charge in [-0.2, -0.15) is 0 Å². The van der Waals surface area contributed by atoms with Crippen molar-refractivity contribution in [1.82, 2.24) is 19.8 Å². The van der Waals surface area contributed by atoms with Crippen molar-refractivity contribution >= 4 is 5.91 Å². The first kappa shape index (κ1) is 18.6. The van der Waals surface area contributed by atoms with E-state index in [1.807, 2.05) is 4.57 Å². The molecule has 1 aliphatic rings. The van der Waals surface area contributed by atoms with E-state index < -0.39 is 0 Å². The van der Waals surface area contributed by atoms with Crippen LogP contribution in [0.25, 0.3) is 0 Å². The van der Waals surface area contributed by atoms with E-state index in [0.29, 0.717) is 11.9 Å². The Hall–Kier alpha value is -2.21. The van der Waals surface area contributed by atoms with E-state index in [1.54, 1.807) is 12.1 Å². The Kier molecular flexibility index (Phi) is 5.41. The Morgan fingerprint density at radius 1 is 1.27 bits per heavy atom. The number of rotatable bonds is 5. The minimum atomic E-state index is -0.301. The second-order valence-corrected chi connectivity index (χ2v) is 7.42. The zero-order chi connectivity index (χ0) is 18.8. The molecule has 1 amide bonds. The number of hydrogen-bond donors (Lipinski definition) is 1. The van der Waals surface area contributed by atoms with Gasteiger partial charge in [-0.15, -0.1) is 0 Å². The second kappa shape index (κ2) is 7.58. The molecule has 6 heteroatoms. The summed E-state index contributed by atoms with van der Waals surface area (Å²) >= 11 is 0. The van der Waals surface area contributed by atoms with Crippen molar-refractivity contribution in [3.63, 3.8) is 0 Å². The molecular formula is C20H27FN4O. The zero-order valence-electron chi connectivity index (χ0n) is 15.9. The van der Waals surface area contributed by atoms with E-state index in [1.165, 1.54) is 12.1 Å². The molecule has 0 saturated heterocycles. The number of nitrogens with zero attached hydrogens (tertiary/aromatic N) is 3. The Morgan fingerprint density at radius 3 is 2.69 bits per heavy atom. The number of hydrogen-bond acceptors (Lipinski definition) is 3. The van der Waals surface area contributed by atoms with Crippen molar-refractivity contribution in [2.75, 3.05) is 6.54 Å². The molecule has 0 aliphatic carbocycles. The quantitative estimate of drug-likeness (QED) is 0.892. The molecule has 0 unspecified atom stereocenters. The third-order valence-corrected chi connectivity index (χ3v) is 4.87. The van der Waals surface area contributed by atoms with Gasteiger partial charge in [0.05, 0.1) is 5.69 Å². The Balaban J connectivity index is 1.81. The normalized spacial score (nSPS) is 14.7. The number of halogens is 1. The van der Waals surface area contributed by atoms with Crippen LogP contribution in [0.5, 0.6) is 0 Å². The monoisotopic (exact) mass is 358 g/mol. The highest BCUT2D eigenvalue weighted by molar-refractivity contribution is 5.91. The lowest BCUT2D eigenvalue weighted by Crippen LogP contribution is -2.36. The first-order chi connectivity index (χ1) is 12.4. The molecule has 3 rings (SSSR count). The van der Waals surface area contributed by atoms with Gasteiger partial charge in [0, 0.05) is 43.8 Å². The predicted molar refractivity (Wildman–Crippen MR) is 99.4 cm³/mol. The molecule has 2 heterocycles. The standard InChI is InChI=1S/C20H27FN4O/c1-13(2)24-9-8-18-17(12-24)23-19(25(18)14(3)4)20(26)22-11-15-6-5-7-16(21)10-15/h5-7,10,13-14H,8-9,11-12H2,1-4H3,(H,22,26). The number of amides is 1. The number of imidazole rings is 1. The van der Waals surface area contributed by atoms with Gasteiger partial charge in [-0.3, -0.25) is 9.69 Å². The van der Waals surface area contributed by atoms with E-state index in [2.05, 4.69) is 42.9 Å². The van der Waals surface area contributed by atoms with Crippen LogP contribution in [0.4, 0.5) is 4.39 Å². The molecule has 0 radical (unpaired) electrons. The van der Waals surface area contributed by atoms with Gasteiger partial charge in [0.2, 0.25) is 0 Å². The highest BCUT2D eigenvalue weighted by Crippen LogP contribution is 2.25. The Labute approximate surface area is 154 Å². The fourth-order valence-electron chi connectivity index (χ4n) is 3.49. The maximum Gasteiger partial charge on any atom is 0.287 e. The van der Waals surface area contributed by atoms with E-state index in [9.17, 15) is 9.18 Å². The lowest BCUT2D eigenvalue weighted by molar-refractivity contribution is 0.0934. The van der Waals surface area contributed by atoms with Crippen LogP contribution in [-0.2, 0) is 19.5 Å². The van der Waals surface area contributed by atoms with Crippen LogP contribution in [0.15, 0.2) is 24.3 Å². The van der Waals surface area contributed by atoms with Crippen LogP contribution in [0.1, 0.15) is 61.3 Å². The summed E-state index contributed by atoms with van der Waals surface area (Å²) in [5, 5.41) is 2.88. The van der Waals surface area contributed by atoms with Crippen LogP contribution in [0.2, 0.25) is 0 Å². The van der Waals surface area contributed by atoms with Crippen molar-refractivity contribution in [1.29, 1.82) is 0 Å². The van der Waals surface area contributed by atoms with Gasteiger partial charge in [-0.05, 0) is 45.4 Å². The van der Waals surface area contributed by atoms with Gasteiger partial charge in [0.25, 0.3) is 5.91 Å². The number of carbonyl (C=O) groups excluding carboxylic acids is 1. The average Bonchev–Trinajstić information content (AvgIpc) is 2.98. The molecule has 1 aromatic heterocycles. The summed E-state index contributed by atoms with van der Waals surface area (Å²) in [4.78, 5) is 19.8. The number of fused-ring (bicyclic) bond motifs is 1. The van der Waals surface area contributed by atoms with Gasteiger partial charge in [0.15, 0.2) is 5.82 Å². The lowest BCUT2D eigenvalue weighted by atomic mass is 10.1. The molecular weight excluding hydrogens is 331 g/mol. The molecule has 1 aliphatic heterocycles. The van der Waals surface area contributed by atoms with E-state index in [4.69, 9.17) is 0 Å². The molecule has 1 N–H and O–H groups in total. The molecule has 1 aromatic carbocycles.